The van der Waals surface area contributed by atoms with Crippen LogP contribution < -0.4 is 4.74 Å². The molecule has 0 radical (unpaired) electrons. The van der Waals surface area contributed by atoms with E-state index in [1.54, 1.807) is 18.0 Å². The molecule has 0 unspecified atom stereocenters. The van der Waals surface area contributed by atoms with Gasteiger partial charge in [0.2, 0.25) is 0 Å². The van der Waals surface area contributed by atoms with Crippen LogP contribution in [0.1, 0.15) is 69.8 Å². The molecule has 5 nitrogen and oxygen atoms in total. The lowest BCUT2D eigenvalue weighted by atomic mass is 9.64. The number of hydrogen-bond donors (Lipinski definition) is 0. The Morgan fingerprint density at radius 3 is 2.60 bits per heavy atom. The first-order chi connectivity index (χ1) is 13.9. The third-order valence-electron chi connectivity index (χ3n) is 6.39. The van der Waals surface area contributed by atoms with E-state index in [4.69, 9.17) is 4.74 Å². The molecule has 0 N–H and O–H groups in total. The van der Waals surface area contributed by atoms with Crippen molar-refractivity contribution in [1.29, 1.82) is 5.26 Å². The van der Waals surface area contributed by atoms with Gasteiger partial charge >= 0.3 is 0 Å². The van der Waals surface area contributed by atoms with Crippen LogP contribution in [0.2, 0.25) is 0 Å². The molecule has 1 aliphatic carbocycles. The van der Waals surface area contributed by atoms with Crippen molar-refractivity contribution in [2.24, 2.45) is 10.8 Å². The SMILES string of the molecule is CN(CC[C@]1(C)C=C(C#N)C(=O)C(C)(C)C1)C(=O)c1cccc2c1OC(C)(C)CC2. The summed E-state index contributed by atoms with van der Waals surface area (Å²) < 4.78 is 6.17. The maximum atomic E-state index is 13.2. The number of amides is 1. The number of nitriles is 1. The third-order valence-corrected chi connectivity index (χ3v) is 6.39. The lowest BCUT2D eigenvalue weighted by molar-refractivity contribution is -0.125. The number of ether oxygens (including phenoxy) is 1. The van der Waals surface area contributed by atoms with Gasteiger partial charge in [-0.3, -0.25) is 9.59 Å². The Kier molecular flexibility index (Phi) is 5.58. The molecule has 160 valence electrons. The van der Waals surface area contributed by atoms with Gasteiger partial charge in [0.15, 0.2) is 5.78 Å². The monoisotopic (exact) mass is 408 g/mol. The van der Waals surface area contributed by atoms with Crippen LogP contribution in [0, 0.1) is 22.2 Å². The number of hydrogen-bond acceptors (Lipinski definition) is 4. The van der Waals surface area contributed by atoms with Crippen molar-refractivity contribution in [2.45, 2.75) is 65.9 Å². The van der Waals surface area contributed by atoms with Crippen LogP contribution in [0.4, 0.5) is 0 Å². The predicted molar refractivity (Wildman–Crippen MR) is 116 cm³/mol. The average molecular weight is 409 g/mol. The summed E-state index contributed by atoms with van der Waals surface area (Å²) in [6, 6.07) is 7.83. The zero-order valence-corrected chi connectivity index (χ0v) is 19.0. The standard InChI is InChI=1S/C25H32N2O3/c1-23(2)16-25(5,14-18(15-26)21(23)28)12-13-27(6)22(29)19-9-7-8-17-10-11-24(3,4)30-20(17)19/h7-9,14H,10-13,16H2,1-6H3/t25-/m1/s1. The number of carbonyl (C=O) groups excluding carboxylic acids is 2. The first-order valence-corrected chi connectivity index (χ1v) is 10.6. The van der Waals surface area contributed by atoms with Gasteiger partial charge in [-0.1, -0.05) is 39.0 Å². The summed E-state index contributed by atoms with van der Waals surface area (Å²) in [5, 5.41) is 9.38. The van der Waals surface area contributed by atoms with Gasteiger partial charge in [0, 0.05) is 19.0 Å². The van der Waals surface area contributed by atoms with Crippen LogP contribution in [0.15, 0.2) is 29.8 Å². The summed E-state index contributed by atoms with van der Waals surface area (Å²) in [4.78, 5) is 27.4. The van der Waals surface area contributed by atoms with Crippen molar-refractivity contribution in [3.05, 3.63) is 41.0 Å². The zero-order valence-electron chi connectivity index (χ0n) is 19.0. The highest BCUT2D eigenvalue weighted by atomic mass is 16.5. The van der Waals surface area contributed by atoms with E-state index >= 15 is 0 Å². The van der Waals surface area contributed by atoms with Crippen LogP contribution in [0.25, 0.3) is 0 Å². The van der Waals surface area contributed by atoms with Crippen LogP contribution >= 0.6 is 0 Å². The molecule has 1 amide bonds. The van der Waals surface area contributed by atoms with Gasteiger partial charge in [0.1, 0.15) is 17.4 Å². The molecule has 0 aromatic heterocycles. The Morgan fingerprint density at radius 2 is 1.93 bits per heavy atom. The molecule has 0 saturated heterocycles. The summed E-state index contributed by atoms with van der Waals surface area (Å²) in [7, 11) is 1.80. The summed E-state index contributed by atoms with van der Waals surface area (Å²) in [6.07, 6.45) is 4.96. The van der Waals surface area contributed by atoms with Gasteiger partial charge < -0.3 is 9.64 Å². The van der Waals surface area contributed by atoms with Crippen LogP contribution in [-0.2, 0) is 11.2 Å². The maximum absolute atomic E-state index is 13.2. The highest BCUT2D eigenvalue weighted by Gasteiger charge is 2.42. The van der Waals surface area contributed by atoms with Crippen molar-refractivity contribution in [3.63, 3.8) is 0 Å². The number of carbonyl (C=O) groups is 2. The van der Waals surface area contributed by atoms with Gasteiger partial charge in [-0.2, -0.15) is 5.26 Å². The van der Waals surface area contributed by atoms with Gasteiger partial charge in [0.05, 0.1) is 11.1 Å². The number of allylic oxidation sites excluding steroid dienone is 2. The minimum absolute atomic E-state index is 0.0659. The Bertz CT molecular complexity index is 952. The molecule has 1 aromatic carbocycles. The van der Waals surface area contributed by atoms with Gasteiger partial charge in [-0.15, -0.1) is 0 Å². The number of para-hydroxylation sites is 1. The molecule has 0 saturated carbocycles. The third kappa shape index (κ3) is 4.28. The second-order valence-electron chi connectivity index (χ2n) is 10.3. The van der Waals surface area contributed by atoms with Gasteiger partial charge in [-0.25, -0.2) is 0 Å². The highest BCUT2D eigenvalue weighted by molar-refractivity contribution is 6.03. The number of ketones is 1. The molecule has 5 heteroatoms. The fraction of sp³-hybridized carbons (Fsp3) is 0.560. The van der Waals surface area contributed by atoms with Crippen molar-refractivity contribution in [1.82, 2.24) is 4.90 Å². The maximum Gasteiger partial charge on any atom is 0.257 e. The Balaban J connectivity index is 1.77. The first kappa shape index (κ1) is 22.1. The van der Waals surface area contributed by atoms with Gasteiger partial charge in [-0.05, 0) is 56.6 Å². The molecule has 1 aliphatic heterocycles. The Labute approximate surface area is 179 Å². The van der Waals surface area contributed by atoms with E-state index in [0.29, 0.717) is 30.7 Å². The van der Waals surface area contributed by atoms with Crippen molar-refractivity contribution in [2.75, 3.05) is 13.6 Å². The van der Waals surface area contributed by atoms with E-state index in [9.17, 15) is 14.9 Å². The minimum Gasteiger partial charge on any atom is -0.487 e. The summed E-state index contributed by atoms with van der Waals surface area (Å²) in [6.45, 7) is 10.5. The molecule has 3 rings (SSSR count). The van der Waals surface area contributed by atoms with Crippen LogP contribution in [0.3, 0.4) is 0 Å². The molecule has 2 aliphatic rings. The van der Waals surface area contributed by atoms with Crippen molar-refractivity contribution >= 4 is 11.7 Å². The lowest BCUT2D eigenvalue weighted by Crippen LogP contribution is -2.39. The molecule has 1 atom stereocenters. The number of Topliss-reactive ketones (excluding diaryl/α,β-unsaturated/α-hetero) is 1. The molecule has 0 spiro atoms. The highest BCUT2D eigenvalue weighted by Crippen LogP contribution is 2.44. The number of aryl methyl sites for hydroxylation is 1. The van der Waals surface area contributed by atoms with Gasteiger partial charge in [0.25, 0.3) is 5.91 Å². The fourth-order valence-corrected chi connectivity index (χ4v) is 4.73. The summed E-state index contributed by atoms with van der Waals surface area (Å²) >= 11 is 0. The minimum atomic E-state index is -0.574. The molecule has 30 heavy (non-hydrogen) atoms. The fourth-order valence-electron chi connectivity index (χ4n) is 4.73. The largest absolute Gasteiger partial charge is 0.487 e. The van der Waals surface area contributed by atoms with Crippen LogP contribution in [0.5, 0.6) is 5.75 Å². The summed E-state index contributed by atoms with van der Waals surface area (Å²) in [5.41, 5.74) is 0.736. The second kappa shape index (κ2) is 7.58. The van der Waals surface area contributed by atoms with Crippen LogP contribution in [-0.4, -0.2) is 35.8 Å². The topological polar surface area (TPSA) is 70.4 Å². The normalized spacial score (nSPS) is 24.2. The lowest BCUT2D eigenvalue weighted by Gasteiger charge is -2.39. The summed E-state index contributed by atoms with van der Waals surface area (Å²) in [5.74, 6) is 0.541. The van der Waals surface area contributed by atoms with E-state index in [-0.39, 0.29) is 28.3 Å². The number of benzene rings is 1. The average Bonchev–Trinajstić information content (AvgIpc) is 2.67. The molecule has 0 fully saturated rings. The smallest absolute Gasteiger partial charge is 0.257 e. The zero-order chi connectivity index (χ0) is 22.3. The van der Waals surface area contributed by atoms with E-state index in [1.165, 1.54) is 0 Å². The molecule has 1 heterocycles. The molecule has 1 aromatic rings. The first-order valence-electron chi connectivity index (χ1n) is 10.6. The second-order valence-corrected chi connectivity index (χ2v) is 10.3. The van der Waals surface area contributed by atoms with E-state index < -0.39 is 5.41 Å². The van der Waals surface area contributed by atoms with E-state index in [0.717, 1.165) is 18.4 Å². The number of rotatable bonds is 4. The van der Waals surface area contributed by atoms with E-state index in [1.807, 2.05) is 45.9 Å². The number of nitrogens with zero attached hydrogens (tertiary/aromatic N) is 2. The predicted octanol–water partition coefficient (Wildman–Crippen LogP) is 4.71. The Hall–Kier alpha value is -2.61. The van der Waals surface area contributed by atoms with E-state index in [2.05, 4.69) is 13.0 Å². The number of fused-ring (bicyclic) bond motifs is 1. The molecule has 0 bridgehead atoms. The molecular formula is C25H32N2O3. The van der Waals surface area contributed by atoms with Crippen molar-refractivity contribution < 1.29 is 14.3 Å². The Morgan fingerprint density at radius 1 is 1.23 bits per heavy atom. The molecular weight excluding hydrogens is 376 g/mol. The van der Waals surface area contributed by atoms with Crippen molar-refractivity contribution in [3.8, 4) is 11.8 Å². The quantitative estimate of drug-likeness (QED) is 0.723.